The minimum absolute atomic E-state index is 0.0640. The Morgan fingerprint density at radius 2 is 2.16 bits per heavy atom. The molecule has 0 aliphatic carbocycles. The van der Waals surface area contributed by atoms with E-state index in [9.17, 15) is 14.9 Å². The molecule has 7 heteroatoms. The number of aromatic nitrogens is 1. The summed E-state index contributed by atoms with van der Waals surface area (Å²) >= 11 is 3.28. The summed E-state index contributed by atoms with van der Waals surface area (Å²) in [7, 11) is 1.74. The second-order valence-electron chi connectivity index (χ2n) is 3.92. The highest BCUT2D eigenvalue weighted by atomic mass is 79.9. The molecule has 1 N–H and O–H groups in total. The zero-order chi connectivity index (χ0) is 14.0. The number of benzene rings is 1. The van der Waals surface area contributed by atoms with E-state index in [1.807, 2.05) is 0 Å². The molecule has 0 fully saturated rings. The third-order valence-corrected chi connectivity index (χ3v) is 2.95. The van der Waals surface area contributed by atoms with Gasteiger partial charge >= 0.3 is 0 Å². The van der Waals surface area contributed by atoms with E-state index >= 15 is 0 Å². The molecule has 2 aromatic rings. The molecule has 0 spiro atoms. The van der Waals surface area contributed by atoms with Crippen LogP contribution in [0, 0.1) is 10.1 Å². The highest BCUT2D eigenvalue weighted by Crippen LogP contribution is 2.19. The molecule has 6 nitrogen and oxygen atoms in total. The Morgan fingerprint density at radius 1 is 1.42 bits per heavy atom. The molecular weight excluding hydrogens is 314 g/mol. The van der Waals surface area contributed by atoms with Gasteiger partial charge < -0.3 is 9.88 Å². The van der Waals surface area contributed by atoms with Crippen molar-refractivity contribution in [2.24, 2.45) is 7.05 Å². The molecule has 1 aromatic heterocycles. The summed E-state index contributed by atoms with van der Waals surface area (Å²) in [5, 5.41) is 13.3. The summed E-state index contributed by atoms with van der Waals surface area (Å²) in [5.74, 6) is -0.325. The van der Waals surface area contributed by atoms with Crippen LogP contribution in [0.25, 0.3) is 0 Å². The van der Waals surface area contributed by atoms with Crippen LogP contribution in [0.5, 0.6) is 0 Å². The standard InChI is InChI=1S/C12H10BrN3O3/c1-15-7-8(13)5-11(15)12(17)14-9-3-2-4-10(6-9)16(18)19/h2-7H,1H3,(H,14,17). The number of amides is 1. The molecule has 0 atom stereocenters. The van der Waals surface area contributed by atoms with Gasteiger partial charge in [-0.25, -0.2) is 0 Å². The number of nitro benzene ring substituents is 1. The van der Waals surface area contributed by atoms with Crippen LogP contribution in [0.3, 0.4) is 0 Å². The molecule has 2 rings (SSSR count). The van der Waals surface area contributed by atoms with Crippen molar-refractivity contribution in [1.29, 1.82) is 0 Å². The van der Waals surface area contributed by atoms with E-state index in [0.29, 0.717) is 11.4 Å². The Kier molecular flexibility index (Phi) is 3.66. The van der Waals surface area contributed by atoms with E-state index < -0.39 is 4.92 Å². The molecule has 0 bridgehead atoms. The lowest BCUT2D eigenvalue weighted by Crippen LogP contribution is -2.15. The molecule has 0 saturated heterocycles. The molecule has 0 aliphatic heterocycles. The number of hydrogen-bond acceptors (Lipinski definition) is 3. The van der Waals surface area contributed by atoms with Gasteiger partial charge in [0.05, 0.1) is 4.92 Å². The largest absolute Gasteiger partial charge is 0.345 e. The topological polar surface area (TPSA) is 77.2 Å². The van der Waals surface area contributed by atoms with Crippen molar-refractivity contribution >= 4 is 33.2 Å². The lowest BCUT2D eigenvalue weighted by molar-refractivity contribution is -0.384. The van der Waals surface area contributed by atoms with E-state index in [4.69, 9.17) is 0 Å². The molecule has 1 aromatic carbocycles. The second-order valence-corrected chi connectivity index (χ2v) is 4.83. The fourth-order valence-corrected chi connectivity index (χ4v) is 2.17. The Morgan fingerprint density at radius 3 is 2.74 bits per heavy atom. The van der Waals surface area contributed by atoms with Crippen LogP contribution in [0.2, 0.25) is 0 Å². The van der Waals surface area contributed by atoms with Crippen LogP contribution in [-0.4, -0.2) is 15.4 Å². The molecule has 0 unspecified atom stereocenters. The SMILES string of the molecule is Cn1cc(Br)cc1C(=O)Nc1cccc([N+](=O)[O-])c1. The number of rotatable bonds is 3. The normalized spacial score (nSPS) is 10.2. The van der Waals surface area contributed by atoms with Crippen LogP contribution in [-0.2, 0) is 7.05 Å². The van der Waals surface area contributed by atoms with Gasteiger partial charge in [-0.2, -0.15) is 0 Å². The van der Waals surface area contributed by atoms with Crippen molar-refractivity contribution in [3.8, 4) is 0 Å². The number of hydrogen-bond donors (Lipinski definition) is 1. The van der Waals surface area contributed by atoms with Crippen LogP contribution in [0.4, 0.5) is 11.4 Å². The monoisotopic (exact) mass is 323 g/mol. The maximum atomic E-state index is 12.0. The molecule has 0 saturated carbocycles. The second kappa shape index (κ2) is 5.23. The average Bonchev–Trinajstić information content (AvgIpc) is 2.69. The quantitative estimate of drug-likeness (QED) is 0.696. The Hall–Kier alpha value is -2.15. The molecule has 1 heterocycles. The molecule has 0 radical (unpaired) electrons. The van der Waals surface area contributed by atoms with Crippen LogP contribution in [0.1, 0.15) is 10.5 Å². The van der Waals surface area contributed by atoms with E-state index in [0.717, 1.165) is 4.47 Å². The van der Waals surface area contributed by atoms with Crippen molar-refractivity contribution < 1.29 is 9.72 Å². The average molecular weight is 324 g/mol. The third-order valence-electron chi connectivity index (χ3n) is 2.52. The summed E-state index contributed by atoms with van der Waals surface area (Å²) in [6.07, 6.45) is 1.75. The molecule has 19 heavy (non-hydrogen) atoms. The summed E-state index contributed by atoms with van der Waals surface area (Å²) in [5.41, 5.74) is 0.778. The van der Waals surface area contributed by atoms with Gasteiger partial charge in [0.25, 0.3) is 11.6 Å². The summed E-state index contributed by atoms with van der Waals surface area (Å²) in [6.45, 7) is 0. The van der Waals surface area contributed by atoms with Crippen molar-refractivity contribution in [3.05, 3.63) is 56.8 Å². The van der Waals surface area contributed by atoms with Crippen molar-refractivity contribution in [2.75, 3.05) is 5.32 Å². The smallest absolute Gasteiger partial charge is 0.272 e. The number of nitrogens with zero attached hydrogens (tertiary/aromatic N) is 2. The lowest BCUT2D eigenvalue weighted by atomic mass is 10.2. The van der Waals surface area contributed by atoms with Gasteiger partial charge in [-0.15, -0.1) is 0 Å². The summed E-state index contributed by atoms with van der Waals surface area (Å²) in [4.78, 5) is 22.2. The van der Waals surface area contributed by atoms with Gasteiger partial charge in [-0.05, 0) is 28.1 Å². The van der Waals surface area contributed by atoms with Crippen molar-refractivity contribution in [1.82, 2.24) is 4.57 Å². The number of non-ortho nitro benzene ring substituents is 1. The zero-order valence-corrected chi connectivity index (χ0v) is 11.5. The maximum Gasteiger partial charge on any atom is 0.272 e. The Labute approximate surface area is 117 Å². The van der Waals surface area contributed by atoms with Crippen molar-refractivity contribution in [3.63, 3.8) is 0 Å². The number of aryl methyl sites for hydroxylation is 1. The first kappa shape index (κ1) is 13.3. The minimum Gasteiger partial charge on any atom is -0.345 e. The van der Waals surface area contributed by atoms with Crippen LogP contribution >= 0.6 is 15.9 Å². The van der Waals surface area contributed by atoms with Crippen molar-refractivity contribution in [2.45, 2.75) is 0 Å². The highest BCUT2D eigenvalue weighted by Gasteiger charge is 2.13. The first-order valence-electron chi connectivity index (χ1n) is 5.35. The first-order chi connectivity index (χ1) is 8.97. The number of anilines is 1. The van der Waals surface area contributed by atoms with Gasteiger partial charge in [-0.3, -0.25) is 14.9 Å². The van der Waals surface area contributed by atoms with Crippen LogP contribution < -0.4 is 5.32 Å². The molecule has 0 aliphatic rings. The number of carbonyl (C=O) groups is 1. The fourth-order valence-electron chi connectivity index (χ4n) is 1.64. The van der Waals surface area contributed by atoms with E-state index in [-0.39, 0.29) is 11.6 Å². The van der Waals surface area contributed by atoms with E-state index in [1.54, 1.807) is 29.9 Å². The van der Waals surface area contributed by atoms with E-state index in [2.05, 4.69) is 21.2 Å². The Bertz CT molecular complexity index is 651. The predicted molar refractivity (Wildman–Crippen MR) is 74.2 cm³/mol. The molecular formula is C12H10BrN3O3. The zero-order valence-electron chi connectivity index (χ0n) is 9.96. The first-order valence-corrected chi connectivity index (χ1v) is 6.14. The number of carbonyl (C=O) groups excluding carboxylic acids is 1. The minimum atomic E-state index is -0.505. The maximum absolute atomic E-state index is 12.0. The summed E-state index contributed by atoms with van der Waals surface area (Å²) < 4.78 is 2.45. The number of halogens is 1. The lowest BCUT2D eigenvalue weighted by Gasteiger charge is -2.05. The number of nitrogens with one attached hydrogen (secondary N) is 1. The van der Waals surface area contributed by atoms with Crippen LogP contribution in [0.15, 0.2) is 41.0 Å². The Balaban J connectivity index is 2.21. The van der Waals surface area contributed by atoms with Gasteiger partial charge in [0, 0.05) is 35.5 Å². The van der Waals surface area contributed by atoms with Gasteiger partial charge in [0.15, 0.2) is 0 Å². The molecule has 98 valence electrons. The predicted octanol–water partition coefficient (Wildman–Crippen LogP) is 2.95. The van der Waals surface area contributed by atoms with E-state index in [1.165, 1.54) is 18.2 Å². The summed E-state index contributed by atoms with van der Waals surface area (Å²) in [6, 6.07) is 7.48. The molecule has 1 amide bonds. The van der Waals surface area contributed by atoms with Gasteiger partial charge in [0.1, 0.15) is 5.69 Å². The van der Waals surface area contributed by atoms with Gasteiger partial charge in [-0.1, -0.05) is 6.07 Å². The third kappa shape index (κ3) is 3.00. The fraction of sp³-hybridized carbons (Fsp3) is 0.0833. The highest BCUT2D eigenvalue weighted by molar-refractivity contribution is 9.10. The number of nitro groups is 1. The van der Waals surface area contributed by atoms with Gasteiger partial charge in [0.2, 0.25) is 0 Å².